The number of alkyl halides is 1. The second-order valence-corrected chi connectivity index (χ2v) is 11.8. The van der Waals surface area contributed by atoms with Crippen molar-refractivity contribution < 1.29 is 31.9 Å². The van der Waals surface area contributed by atoms with Crippen molar-refractivity contribution in [3.05, 3.63) is 24.0 Å². The van der Waals surface area contributed by atoms with E-state index in [0.717, 1.165) is 12.8 Å². The van der Waals surface area contributed by atoms with E-state index in [1.165, 1.54) is 34.6 Å². The van der Waals surface area contributed by atoms with Crippen LogP contribution in [0.5, 0.6) is 5.75 Å². The topological polar surface area (TPSA) is 102 Å². The first-order valence-electron chi connectivity index (χ1n) is 12.0. The summed E-state index contributed by atoms with van der Waals surface area (Å²) in [5, 5.41) is 9.32. The summed E-state index contributed by atoms with van der Waals surface area (Å²) >= 11 is 0. The maximum Gasteiger partial charge on any atom is 0.266 e. The smallest absolute Gasteiger partial charge is 0.266 e. The summed E-state index contributed by atoms with van der Waals surface area (Å²) in [4.78, 5) is 16.0. The molecule has 1 aromatic rings. The van der Waals surface area contributed by atoms with Crippen molar-refractivity contribution in [2.75, 3.05) is 50.8 Å². The van der Waals surface area contributed by atoms with Gasteiger partial charge in [-0.1, -0.05) is 13.3 Å². The first kappa shape index (κ1) is 33.6. The Morgan fingerprint density at radius 1 is 1.14 bits per heavy atom. The first-order chi connectivity index (χ1) is 16.5. The van der Waals surface area contributed by atoms with E-state index in [1.54, 1.807) is 12.1 Å². The summed E-state index contributed by atoms with van der Waals surface area (Å²) in [7, 11) is -4.17. The van der Waals surface area contributed by atoms with Crippen molar-refractivity contribution in [2.24, 2.45) is 0 Å². The molecule has 2 heterocycles. The number of benzene rings is 1. The number of amides is 1. The van der Waals surface area contributed by atoms with E-state index in [1.807, 2.05) is 11.8 Å². The second-order valence-electron chi connectivity index (χ2n) is 9.54. The number of halogens is 4. The van der Waals surface area contributed by atoms with Crippen LogP contribution in [0.4, 0.5) is 14.5 Å². The molecule has 2 saturated heterocycles. The molecule has 37 heavy (non-hydrogen) atoms. The molecule has 2 fully saturated rings. The summed E-state index contributed by atoms with van der Waals surface area (Å²) in [6.45, 7) is 6.13. The molecule has 3 rings (SSSR count). The number of unbranched alkanes of at least 4 members (excludes halogenated alkanes) is 1. The van der Waals surface area contributed by atoms with Gasteiger partial charge >= 0.3 is 0 Å². The zero-order valence-electron chi connectivity index (χ0n) is 21.4. The lowest BCUT2D eigenvalue weighted by Gasteiger charge is -2.45. The van der Waals surface area contributed by atoms with Gasteiger partial charge in [0.2, 0.25) is 10.0 Å². The minimum Gasteiger partial charge on any atom is -0.491 e. The number of carbonyl (C=O) groups excluding carboxylic acids is 1. The molecule has 2 aliphatic rings. The zero-order valence-corrected chi connectivity index (χ0v) is 23.9. The quantitative estimate of drug-likeness (QED) is 0.197. The van der Waals surface area contributed by atoms with Crippen LogP contribution in [0.3, 0.4) is 0 Å². The Hall–Kier alpha value is -1.44. The van der Waals surface area contributed by atoms with Gasteiger partial charge in [-0.3, -0.25) is 14.9 Å². The molecule has 0 radical (unpaired) electrons. The van der Waals surface area contributed by atoms with E-state index < -0.39 is 32.3 Å². The van der Waals surface area contributed by atoms with Gasteiger partial charge in [-0.15, -0.1) is 24.8 Å². The summed E-state index contributed by atoms with van der Waals surface area (Å²) in [5.74, 6) is -2.95. The number of carbonyl (C=O) groups is 1. The molecule has 0 bridgehead atoms. The van der Waals surface area contributed by atoms with Gasteiger partial charge in [0.25, 0.3) is 5.91 Å². The molecule has 0 spiro atoms. The van der Waals surface area contributed by atoms with Gasteiger partial charge in [-0.2, -0.15) is 4.31 Å². The fourth-order valence-corrected chi connectivity index (χ4v) is 6.78. The predicted molar refractivity (Wildman–Crippen MR) is 143 cm³/mol. The Kier molecular flexibility index (Phi) is 12.3. The van der Waals surface area contributed by atoms with Crippen molar-refractivity contribution in [3.8, 4) is 5.75 Å². The number of nitrogens with zero attached hydrogens (tertiary/aromatic N) is 3. The number of sulfonamides is 1. The normalized spacial score (nSPS) is 18.9. The van der Waals surface area contributed by atoms with E-state index >= 15 is 0 Å². The first-order valence-corrected chi connectivity index (χ1v) is 13.5. The number of piperidine rings is 1. The van der Waals surface area contributed by atoms with Crippen LogP contribution in [0.15, 0.2) is 18.2 Å². The lowest BCUT2D eigenvalue weighted by Crippen LogP contribution is -2.64. The van der Waals surface area contributed by atoms with Crippen LogP contribution in [-0.4, -0.2) is 85.2 Å². The standard InChI is InChI=1S/C23H36F2N4O5S.2ClH/c1-4-5-16-34-20-7-6-18(17-19(20)24)27-12-14-29(15-13-27)35(32,33)23(21(30)26-31)8-10-28(11-9-23)22(2,3)25;;/h6-7,17,31H,4-5,8-16H2,1-3H3,(H,26,30);2*1H. The molecule has 214 valence electrons. The minimum atomic E-state index is -4.17. The highest BCUT2D eigenvalue weighted by atomic mass is 35.5. The molecule has 0 unspecified atom stereocenters. The Morgan fingerprint density at radius 3 is 2.22 bits per heavy atom. The van der Waals surface area contributed by atoms with Gasteiger partial charge in [0.15, 0.2) is 22.1 Å². The highest BCUT2D eigenvalue weighted by molar-refractivity contribution is 7.91. The third kappa shape index (κ3) is 7.15. The van der Waals surface area contributed by atoms with Gasteiger partial charge in [0.1, 0.15) is 0 Å². The molecule has 0 saturated carbocycles. The summed E-state index contributed by atoms with van der Waals surface area (Å²) in [6, 6.07) is 4.69. The van der Waals surface area contributed by atoms with Crippen molar-refractivity contribution in [1.82, 2.24) is 14.7 Å². The third-order valence-corrected chi connectivity index (χ3v) is 9.57. The second kappa shape index (κ2) is 13.6. The zero-order chi connectivity index (χ0) is 25.9. The van der Waals surface area contributed by atoms with E-state index in [0.29, 0.717) is 25.4 Å². The van der Waals surface area contributed by atoms with Gasteiger partial charge in [-0.25, -0.2) is 22.7 Å². The maximum atomic E-state index is 14.5. The molecular weight excluding hydrogens is 553 g/mol. The Labute approximate surface area is 230 Å². The largest absolute Gasteiger partial charge is 0.491 e. The van der Waals surface area contributed by atoms with Crippen LogP contribution >= 0.6 is 24.8 Å². The van der Waals surface area contributed by atoms with Crippen LogP contribution in [0.2, 0.25) is 0 Å². The Balaban J connectivity index is 0.00000342. The SMILES string of the molecule is CCCCOc1ccc(N2CCN(S(=O)(=O)C3(C(=O)NO)CCN(C(C)(C)F)CC3)CC2)cc1F.Cl.Cl. The molecular formula is C23H38Cl2F2N4O5S. The van der Waals surface area contributed by atoms with E-state index in [-0.39, 0.29) is 69.6 Å². The number of hydroxylamine groups is 1. The maximum absolute atomic E-state index is 14.5. The monoisotopic (exact) mass is 590 g/mol. The highest BCUT2D eigenvalue weighted by Gasteiger charge is 2.56. The predicted octanol–water partition coefficient (Wildman–Crippen LogP) is 3.35. The fourth-order valence-electron chi connectivity index (χ4n) is 4.67. The number of ether oxygens (including phenoxy) is 1. The van der Waals surface area contributed by atoms with Gasteiger partial charge < -0.3 is 9.64 Å². The molecule has 0 aromatic heterocycles. The molecule has 1 aromatic carbocycles. The van der Waals surface area contributed by atoms with Crippen molar-refractivity contribution in [2.45, 2.75) is 57.0 Å². The van der Waals surface area contributed by atoms with Crippen molar-refractivity contribution in [1.29, 1.82) is 0 Å². The number of hydrogen-bond acceptors (Lipinski definition) is 7. The van der Waals surface area contributed by atoms with Gasteiger partial charge in [0, 0.05) is 51.0 Å². The molecule has 14 heteroatoms. The number of rotatable bonds is 9. The Morgan fingerprint density at radius 2 is 1.73 bits per heavy atom. The van der Waals surface area contributed by atoms with Gasteiger partial charge in [-0.05, 0) is 45.2 Å². The molecule has 2 N–H and O–H groups in total. The molecule has 0 atom stereocenters. The van der Waals surface area contributed by atoms with Crippen molar-refractivity contribution >= 4 is 46.4 Å². The van der Waals surface area contributed by atoms with E-state index in [2.05, 4.69) is 0 Å². The van der Waals surface area contributed by atoms with E-state index in [4.69, 9.17) is 4.74 Å². The number of anilines is 1. The minimum absolute atomic E-state index is 0. The Bertz CT molecular complexity index is 997. The third-order valence-electron chi connectivity index (χ3n) is 6.95. The highest BCUT2D eigenvalue weighted by Crippen LogP contribution is 2.37. The number of hydrogen-bond donors (Lipinski definition) is 2. The van der Waals surface area contributed by atoms with Crippen molar-refractivity contribution in [3.63, 3.8) is 0 Å². The van der Waals surface area contributed by atoms with Crippen LogP contribution in [0.1, 0.15) is 46.5 Å². The van der Waals surface area contributed by atoms with E-state index in [9.17, 15) is 27.2 Å². The average molecular weight is 592 g/mol. The number of nitrogens with one attached hydrogen (secondary N) is 1. The van der Waals surface area contributed by atoms with Crippen LogP contribution < -0.4 is 15.1 Å². The van der Waals surface area contributed by atoms with Gasteiger partial charge in [0.05, 0.1) is 6.61 Å². The van der Waals surface area contributed by atoms with Crippen LogP contribution in [-0.2, 0) is 14.8 Å². The lowest BCUT2D eigenvalue weighted by molar-refractivity contribution is -0.134. The molecule has 9 nitrogen and oxygen atoms in total. The lowest BCUT2D eigenvalue weighted by atomic mass is 9.94. The van der Waals surface area contributed by atoms with Crippen LogP contribution in [0, 0.1) is 5.82 Å². The molecule has 1 amide bonds. The summed E-state index contributed by atoms with van der Waals surface area (Å²) < 4.78 is 60.9. The van der Waals surface area contributed by atoms with Crippen LogP contribution in [0.25, 0.3) is 0 Å². The number of likely N-dealkylation sites (tertiary alicyclic amines) is 1. The fraction of sp³-hybridized carbons (Fsp3) is 0.696. The summed E-state index contributed by atoms with van der Waals surface area (Å²) in [6.07, 6.45) is 1.50. The number of piperazine rings is 1. The molecule has 2 aliphatic heterocycles. The summed E-state index contributed by atoms with van der Waals surface area (Å²) in [5.41, 5.74) is 2.13. The average Bonchev–Trinajstić information content (AvgIpc) is 2.84. The molecule has 0 aliphatic carbocycles.